The monoisotopic (exact) mass is 368 g/mol. The smallest absolute Gasteiger partial charge is 0.355 e. The Morgan fingerprint density at radius 2 is 1.17 bits per heavy atom. The van der Waals surface area contributed by atoms with Crippen molar-refractivity contribution in [3.8, 4) is 0 Å². The maximum atomic E-state index is 12.9. The molecule has 3 nitrogen and oxygen atoms in total. The van der Waals surface area contributed by atoms with Crippen LogP contribution in [0.5, 0.6) is 0 Å². The SMILES string of the molecule is CC(=O)Nc1ccccc1NC(C(F)(F)F)(C(F)(F)F)C(F)(F)F. The fourth-order valence-electron chi connectivity index (χ4n) is 1.79. The number of hydrogen-bond donors (Lipinski definition) is 2. The molecule has 0 heterocycles. The second-order valence-electron chi connectivity index (χ2n) is 4.60. The van der Waals surface area contributed by atoms with E-state index in [1.54, 1.807) is 0 Å². The summed E-state index contributed by atoms with van der Waals surface area (Å²) >= 11 is 0. The van der Waals surface area contributed by atoms with Gasteiger partial charge in [-0.2, -0.15) is 39.5 Å². The normalized spacial score (nSPS) is 13.6. The molecular weight excluding hydrogens is 359 g/mol. The molecule has 12 heteroatoms. The van der Waals surface area contributed by atoms with Gasteiger partial charge in [-0.25, -0.2) is 0 Å². The molecule has 0 aliphatic heterocycles. The molecule has 0 bridgehead atoms. The van der Waals surface area contributed by atoms with Crippen LogP contribution in [0.3, 0.4) is 0 Å². The molecule has 2 N–H and O–H groups in total. The van der Waals surface area contributed by atoms with Gasteiger partial charge in [0.25, 0.3) is 0 Å². The summed E-state index contributed by atoms with van der Waals surface area (Å²) < 4.78 is 116. The highest BCUT2D eigenvalue weighted by Crippen LogP contribution is 2.54. The molecule has 0 unspecified atom stereocenters. The molecule has 0 atom stereocenters. The number of anilines is 2. The molecule has 0 radical (unpaired) electrons. The van der Waals surface area contributed by atoms with Crippen molar-refractivity contribution >= 4 is 17.3 Å². The topological polar surface area (TPSA) is 41.1 Å². The van der Waals surface area contributed by atoms with Crippen LogP contribution in [0.1, 0.15) is 6.92 Å². The average molecular weight is 368 g/mol. The van der Waals surface area contributed by atoms with Crippen LogP contribution in [-0.4, -0.2) is 30.0 Å². The van der Waals surface area contributed by atoms with E-state index < -0.39 is 41.3 Å². The second kappa shape index (κ2) is 6.06. The van der Waals surface area contributed by atoms with E-state index in [-0.39, 0.29) is 0 Å². The minimum atomic E-state index is -6.76. The van der Waals surface area contributed by atoms with E-state index in [9.17, 15) is 44.3 Å². The van der Waals surface area contributed by atoms with Crippen molar-refractivity contribution < 1.29 is 44.3 Å². The molecule has 1 rings (SSSR count). The Hall–Kier alpha value is -2.14. The molecule has 0 aromatic heterocycles. The maximum absolute atomic E-state index is 12.9. The first-order valence-corrected chi connectivity index (χ1v) is 5.98. The second-order valence-corrected chi connectivity index (χ2v) is 4.60. The van der Waals surface area contributed by atoms with Crippen molar-refractivity contribution in [2.24, 2.45) is 0 Å². The van der Waals surface area contributed by atoms with Gasteiger partial charge >= 0.3 is 24.1 Å². The van der Waals surface area contributed by atoms with Crippen LogP contribution in [0.15, 0.2) is 24.3 Å². The standard InChI is InChI=1S/C12H9F9N2O/c1-6(24)22-7-4-2-3-5-8(7)23-9(10(13,14)15,11(16,17)18)12(19,20)21/h2-5,23H,1H3,(H,22,24). The van der Waals surface area contributed by atoms with Crippen molar-refractivity contribution in [1.82, 2.24) is 0 Å². The molecule has 24 heavy (non-hydrogen) atoms. The lowest BCUT2D eigenvalue weighted by Crippen LogP contribution is -2.70. The number of carbonyl (C=O) groups is 1. The van der Waals surface area contributed by atoms with Gasteiger partial charge in [0.15, 0.2) is 0 Å². The van der Waals surface area contributed by atoms with Gasteiger partial charge in [0, 0.05) is 6.92 Å². The predicted octanol–water partition coefficient (Wildman–Crippen LogP) is 4.48. The average Bonchev–Trinajstić information content (AvgIpc) is 2.32. The summed E-state index contributed by atoms with van der Waals surface area (Å²) in [6.07, 6.45) is -20.3. The zero-order valence-electron chi connectivity index (χ0n) is 11.6. The minimum Gasteiger partial charge on any atom is -0.355 e. The lowest BCUT2D eigenvalue weighted by molar-refractivity contribution is -0.370. The van der Waals surface area contributed by atoms with Gasteiger partial charge in [-0.05, 0) is 12.1 Å². The lowest BCUT2D eigenvalue weighted by Gasteiger charge is -2.39. The first kappa shape index (κ1) is 19.9. The van der Waals surface area contributed by atoms with Crippen molar-refractivity contribution in [2.75, 3.05) is 10.6 Å². The molecule has 136 valence electrons. The Kier molecular flexibility index (Phi) is 5.02. The summed E-state index contributed by atoms with van der Waals surface area (Å²) in [5.74, 6) is -0.902. The molecule has 1 amide bonds. The number of benzene rings is 1. The van der Waals surface area contributed by atoms with Crippen LogP contribution in [0.4, 0.5) is 50.9 Å². The Labute approximate surface area is 128 Å². The first-order chi connectivity index (χ1) is 10.6. The molecule has 0 fully saturated rings. The zero-order chi connectivity index (χ0) is 19.0. The van der Waals surface area contributed by atoms with Crippen molar-refractivity contribution in [3.05, 3.63) is 24.3 Å². The Morgan fingerprint density at radius 3 is 1.50 bits per heavy atom. The molecule has 1 aromatic carbocycles. The van der Waals surface area contributed by atoms with Gasteiger partial charge < -0.3 is 10.6 Å². The lowest BCUT2D eigenvalue weighted by atomic mass is 9.96. The fraction of sp³-hybridized carbons (Fsp3) is 0.417. The summed E-state index contributed by atoms with van der Waals surface area (Å²) in [5, 5.41) is 2.34. The third-order valence-electron chi connectivity index (χ3n) is 2.84. The maximum Gasteiger partial charge on any atom is 0.429 e. The molecule has 0 aliphatic rings. The van der Waals surface area contributed by atoms with Gasteiger partial charge in [0.1, 0.15) is 0 Å². The third kappa shape index (κ3) is 3.51. The van der Waals surface area contributed by atoms with Gasteiger partial charge in [0.2, 0.25) is 5.91 Å². The predicted molar refractivity (Wildman–Crippen MR) is 65.3 cm³/mol. The number of hydrogen-bond acceptors (Lipinski definition) is 2. The quantitative estimate of drug-likeness (QED) is 0.773. The number of carbonyl (C=O) groups excluding carboxylic acids is 1. The molecule has 0 saturated heterocycles. The number of para-hydroxylation sites is 2. The fourth-order valence-corrected chi connectivity index (χ4v) is 1.79. The van der Waals surface area contributed by atoms with E-state index in [4.69, 9.17) is 0 Å². The highest BCUT2D eigenvalue weighted by atomic mass is 19.4. The largest absolute Gasteiger partial charge is 0.429 e. The Morgan fingerprint density at radius 1 is 0.792 bits per heavy atom. The molecule has 0 spiro atoms. The van der Waals surface area contributed by atoms with Gasteiger partial charge in [-0.1, -0.05) is 12.1 Å². The van der Waals surface area contributed by atoms with Crippen LogP contribution in [0.2, 0.25) is 0 Å². The number of halogens is 9. The number of alkyl halides is 9. The Bertz CT molecular complexity index is 568. The molecule has 0 aliphatic carbocycles. The summed E-state index contributed by atoms with van der Waals surface area (Å²) in [7, 11) is 0. The highest BCUT2D eigenvalue weighted by Gasteiger charge is 2.84. The van der Waals surface area contributed by atoms with Gasteiger partial charge in [0.05, 0.1) is 11.4 Å². The summed E-state index contributed by atoms with van der Waals surface area (Å²) in [6.45, 7) is 0.876. The van der Waals surface area contributed by atoms with Crippen molar-refractivity contribution in [2.45, 2.75) is 31.0 Å². The third-order valence-corrected chi connectivity index (χ3v) is 2.84. The van der Waals surface area contributed by atoms with E-state index in [0.717, 1.165) is 25.1 Å². The minimum absolute atomic E-state index is 0.497. The summed E-state index contributed by atoms with van der Waals surface area (Å²) in [5.41, 5.74) is -8.08. The van der Waals surface area contributed by atoms with E-state index in [2.05, 4.69) is 0 Å². The van der Waals surface area contributed by atoms with Crippen molar-refractivity contribution in [1.29, 1.82) is 0 Å². The van der Waals surface area contributed by atoms with E-state index in [1.807, 2.05) is 5.32 Å². The van der Waals surface area contributed by atoms with E-state index >= 15 is 0 Å². The number of nitrogens with one attached hydrogen (secondary N) is 2. The van der Waals surface area contributed by atoms with Crippen LogP contribution >= 0.6 is 0 Å². The highest BCUT2D eigenvalue weighted by molar-refractivity contribution is 5.92. The van der Waals surface area contributed by atoms with Crippen LogP contribution < -0.4 is 10.6 Å². The summed E-state index contributed by atoms with van der Waals surface area (Å²) in [6, 6.07) is 3.40. The van der Waals surface area contributed by atoms with E-state index in [1.165, 1.54) is 0 Å². The zero-order valence-corrected chi connectivity index (χ0v) is 11.6. The van der Waals surface area contributed by atoms with Gasteiger partial charge in [-0.3, -0.25) is 4.79 Å². The van der Waals surface area contributed by atoms with Gasteiger partial charge in [-0.15, -0.1) is 0 Å². The number of amides is 1. The first-order valence-electron chi connectivity index (χ1n) is 5.98. The van der Waals surface area contributed by atoms with Crippen molar-refractivity contribution in [3.63, 3.8) is 0 Å². The van der Waals surface area contributed by atoms with Crippen LogP contribution in [0, 0.1) is 0 Å². The van der Waals surface area contributed by atoms with Crippen LogP contribution in [0.25, 0.3) is 0 Å². The van der Waals surface area contributed by atoms with E-state index in [0.29, 0.717) is 11.4 Å². The summed E-state index contributed by atoms with van der Waals surface area (Å²) in [4.78, 5) is 10.9. The molecule has 0 saturated carbocycles. The number of rotatable bonds is 3. The molecular formula is C12H9F9N2O. The molecule has 1 aromatic rings. The Balaban J connectivity index is 3.59. The van der Waals surface area contributed by atoms with Crippen LogP contribution in [-0.2, 0) is 4.79 Å².